The largest absolute Gasteiger partial charge is 0.393 e. The SMILES string of the molecule is OC(Cc1c(F)cccc1F)CC1CCCCC1. The number of aliphatic hydroxyl groups is 1. The second-order valence-electron chi connectivity index (χ2n) is 5.30. The van der Waals surface area contributed by atoms with Gasteiger partial charge in [0.15, 0.2) is 0 Å². The zero-order chi connectivity index (χ0) is 13.0. The lowest BCUT2D eigenvalue weighted by Crippen LogP contribution is -2.19. The standard InChI is InChI=1S/C15H20F2O/c16-14-7-4-8-15(17)13(14)10-12(18)9-11-5-2-1-3-6-11/h4,7-8,11-12,18H,1-3,5-6,9-10H2. The molecule has 0 radical (unpaired) electrons. The van der Waals surface area contributed by atoms with Gasteiger partial charge >= 0.3 is 0 Å². The van der Waals surface area contributed by atoms with Crippen molar-refractivity contribution in [3.63, 3.8) is 0 Å². The summed E-state index contributed by atoms with van der Waals surface area (Å²) in [5.74, 6) is -0.598. The highest BCUT2D eigenvalue weighted by molar-refractivity contribution is 5.20. The number of halogens is 2. The molecule has 1 atom stereocenters. The van der Waals surface area contributed by atoms with E-state index in [0.29, 0.717) is 12.3 Å². The summed E-state index contributed by atoms with van der Waals surface area (Å²) >= 11 is 0. The number of hydrogen-bond donors (Lipinski definition) is 1. The molecule has 0 aliphatic heterocycles. The normalized spacial score (nSPS) is 18.8. The Morgan fingerprint density at radius 3 is 2.33 bits per heavy atom. The third-order valence-corrected chi connectivity index (χ3v) is 3.83. The predicted molar refractivity (Wildman–Crippen MR) is 67.3 cm³/mol. The van der Waals surface area contributed by atoms with Crippen molar-refractivity contribution in [3.8, 4) is 0 Å². The van der Waals surface area contributed by atoms with Crippen molar-refractivity contribution < 1.29 is 13.9 Å². The van der Waals surface area contributed by atoms with E-state index in [-0.39, 0.29) is 12.0 Å². The zero-order valence-electron chi connectivity index (χ0n) is 10.5. The molecule has 1 fully saturated rings. The summed E-state index contributed by atoms with van der Waals surface area (Å²) in [7, 11) is 0. The van der Waals surface area contributed by atoms with Crippen LogP contribution in [-0.4, -0.2) is 11.2 Å². The Morgan fingerprint density at radius 2 is 1.72 bits per heavy atom. The summed E-state index contributed by atoms with van der Waals surface area (Å²) in [6, 6.07) is 3.83. The lowest BCUT2D eigenvalue weighted by Gasteiger charge is -2.24. The quantitative estimate of drug-likeness (QED) is 0.865. The molecule has 1 nitrogen and oxygen atoms in total. The molecule has 0 saturated heterocycles. The van der Waals surface area contributed by atoms with Crippen molar-refractivity contribution in [2.75, 3.05) is 0 Å². The van der Waals surface area contributed by atoms with E-state index in [4.69, 9.17) is 0 Å². The van der Waals surface area contributed by atoms with Crippen LogP contribution in [-0.2, 0) is 6.42 Å². The van der Waals surface area contributed by atoms with Gasteiger partial charge in [0.1, 0.15) is 11.6 Å². The topological polar surface area (TPSA) is 20.2 Å². The summed E-state index contributed by atoms with van der Waals surface area (Å²) in [5.41, 5.74) is 0.0146. The molecule has 0 spiro atoms. The molecule has 1 aromatic rings. The highest BCUT2D eigenvalue weighted by atomic mass is 19.1. The lowest BCUT2D eigenvalue weighted by molar-refractivity contribution is 0.128. The Bertz CT molecular complexity index is 366. The van der Waals surface area contributed by atoms with E-state index in [1.807, 2.05) is 0 Å². The summed E-state index contributed by atoms with van der Waals surface area (Å²) in [6.45, 7) is 0. The van der Waals surface area contributed by atoms with Crippen LogP contribution < -0.4 is 0 Å². The smallest absolute Gasteiger partial charge is 0.129 e. The first kappa shape index (κ1) is 13.5. The van der Waals surface area contributed by atoms with E-state index in [0.717, 1.165) is 12.8 Å². The van der Waals surface area contributed by atoms with Crippen molar-refractivity contribution in [2.45, 2.75) is 51.0 Å². The van der Waals surface area contributed by atoms with Crippen LogP contribution in [0.5, 0.6) is 0 Å². The van der Waals surface area contributed by atoms with Gasteiger partial charge in [-0.05, 0) is 24.5 Å². The summed E-state index contributed by atoms with van der Waals surface area (Å²) in [4.78, 5) is 0. The molecule has 1 N–H and O–H groups in total. The Morgan fingerprint density at radius 1 is 1.11 bits per heavy atom. The van der Waals surface area contributed by atoms with E-state index in [9.17, 15) is 13.9 Å². The molecule has 1 saturated carbocycles. The summed E-state index contributed by atoms with van der Waals surface area (Å²) in [6.07, 6.45) is 6.07. The van der Waals surface area contributed by atoms with Crippen LogP contribution in [0.3, 0.4) is 0 Å². The van der Waals surface area contributed by atoms with Gasteiger partial charge in [0, 0.05) is 12.0 Å². The molecular weight excluding hydrogens is 234 g/mol. The van der Waals surface area contributed by atoms with Crippen molar-refractivity contribution in [1.82, 2.24) is 0 Å². The van der Waals surface area contributed by atoms with Crippen molar-refractivity contribution in [3.05, 3.63) is 35.4 Å². The van der Waals surface area contributed by atoms with Gasteiger partial charge < -0.3 is 5.11 Å². The Labute approximate surface area is 107 Å². The van der Waals surface area contributed by atoms with Gasteiger partial charge in [0.2, 0.25) is 0 Å². The number of aliphatic hydroxyl groups excluding tert-OH is 1. The first-order valence-corrected chi connectivity index (χ1v) is 6.77. The molecule has 1 unspecified atom stereocenters. The van der Waals surface area contributed by atoms with Crippen LogP contribution in [0.4, 0.5) is 8.78 Å². The van der Waals surface area contributed by atoms with Crippen LogP contribution in [0.1, 0.15) is 44.1 Å². The second kappa shape index (κ2) is 6.28. The Balaban J connectivity index is 1.92. The molecular formula is C15H20F2O. The summed E-state index contributed by atoms with van der Waals surface area (Å²) < 4.78 is 26.9. The van der Waals surface area contributed by atoms with Gasteiger partial charge in [-0.2, -0.15) is 0 Å². The van der Waals surface area contributed by atoms with Gasteiger partial charge in [-0.1, -0.05) is 38.2 Å². The van der Waals surface area contributed by atoms with E-state index in [2.05, 4.69) is 0 Å². The first-order valence-electron chi connectivity index (χ1n) is 6.77. The predicted octanol–water partition coefficient (Wildman–Crippen LogP) is 3.84. The fraction of sp³-hybridized carbons (Fsp3) is 0.600. The fourth-order valence-corrected chi connectivity index (χ4v) is 2.85. The average Bonchev–Trinajstić information content (AvgIpc) is 2.35. The Kier molecular flexibility index (Phi) is 4.70. The fourth-order valence-electron chi connectivity index (χ4n) is 2.85. The van der Waals surface area contributed by atoms with Crippen molar-refractivity contribution in [1.29, 1.82) is 0 Å². The molecule has 0 heterocycles. The molecule has 3 heteroatoms. The van der Waals surface area contributed by atoms with Crippen LogP contribution in [0.25, 0.3) is 0 Å². The van der Waals surface area contributed by atoms with E-state index >= 15 is 0 Å². The third-order valence-electron chi connectivity index (χ3n) is 3.83. The maximum absolute atomic E-state index is 13.4. The molecule has 100 valence electrons. The first-order chi connectivity index (χ1) is 8.66. The van der Waals surface area contributed by atoms with Crippen molar-refractivity contribution >= 4 is 0 Å². The van der Waals surface area contributed by atoms with E-state index < -0.39 is 17.7 Å². The second-order valence-corrected chi connectivity index (χ2v) is 5.30. The van der Waals surface area contributed by atoms with Crippen LogP contribution in [0.2, 0.25) is 0 Å². The van der Waals surface area contributed by atoms with Gasteiger partial charge in [0.05, 0.1) is 6.10 Å². The number of hydrogen-bond acceptors (Lipinski definition) is 1. The number of rotatable bonds is 4. The van der Waals surface area contributed by atoms with Crippen LogP contribution in [0.15, 0.2) is 18.2 Å². The lowest BCUT2D eigenvalue weighted by atomic mass is 9.84. The average molecular weight is 254 g/mol. The minimum Gasteiger partial charge on any atom is -0.393 e. The molecule has 1 aliphatic rings. The van der Waals surface area contributed by atoms with Gasteiger partial charge in [-0.15, -0.1) is 0 Å². The van der Waals surface area contributed by atoms with Crippen LogP contribution in [0, 0.1) is 17.6 Å². The molecule has 1 aliphatic carbocycles. The highest BCUT2D eigenvalue weighted by Gasteiger charge is 2.20. The van der Waals surface area contributed by atoms with Gasteiger partial charge in [-0.3, -0.25) is 0 Å². The maximum atomic E-state index is 13.4. The van der Waals surface area contributed by atoms with Crippen molar-refractivity contribution in [2.24, 2.45) is 5.92 Å². The Hall–Kier alpha value is -0.960. The molecule has 2 rings (SSSR count). The molecule has 0 bridgehead atoms. The molecule has 0 amide bonds. The molecule has 0 aromatic heterocycles. The van der Waals surface area contributed by atoms with Crippen LogP contribution >= 0.6 is 0 Å². The highest BCUT2D eigenvalue weighted by Crippen LogP contribution is 2.28. The maximum Gasteiger partial charge on any atom is 0.129 e. The molecule has 1 aromatic carbocycles. The van der Waals surface area contributed by atoms with Gasteiger partial charge in [-0.25, -0.2) is 8.78 Å². The zero-order valence-corrected chi connectivity index (χ0v) is 10.5. The monoisotopic (exact) mass is 254 g/mol. The third kappa shape index (κ3) is 3.52. The van der Waals surface area contributed by atoms with E-state index in [1.165, 1.54) is 37.5 Å². The van der Waals surface area contributed by atoms with Gasteiger partial charge in [0.25, 0.3) is 0 Å². The minimum absolute atomic E-state index is 0.0146. The molecule has 18 heavy (non-hydrogen) atoms. The van der Waals surface area contributed by atoms with E-state index in [1.54, 1.807) is 0 Å². The minimum atomic E-state index is -0.639. The summed E-state index contributed by atoms with van der Waals surface area (Å²) in [5, 5.41) is 9.97. The number of benzene rings is 1.